The zero-order chi connectivity index (χ0) is 31.0. The lowest BCUT2D eigenvalue weighted by Crippen LogP contribution is -2.58. The van der Waals surface area contributed by atoms with Crippen LogP contribution in [-0.4, -0.2) is 60.0 Å². The molecular weight excluding hydrogens is 570 g/mol. The Morgan fingerprint density at radius 2 is 1.95 bits per heavy atom. The molecule has 4 heterocycles. The minimum atomic E-state index is -0.774. The second kappa shape index (κ2) is 12.1. The highest BCUT2D eigenvalue weighted by Crippen LogP contribution is 2.50. The number of carbonyl (C=O) groups excluding carboxylic acids is 3. The number of carbonyl (C=O) groups is 3. The van der Waals surface area contributed by atoms with Crippen molar-refractivity contribution in [3.05, 3.63) is 82.3 Å². The van der Waals surface area contributed by atoms with Crippen molar-refractivity contribution in [3.63, 3.8) is 0 Å². The third-order valence-electron chi connectivity index (χ3n) is 9.22. The quantitative estimate of drug-likeness (QED) is 0.380. The maximum atomic E-state index is 14.2. The van der Waals surface area contributed by atoms with E-state index in [2.05, 4.69) is 20.9 Å². The predicted octanol–water partition coefficient (Wildman–Crippen LogP) is 2.93. The van der Waals surface area contributed by atoms with Gasteiger partial charge in [0.05, 0.1) is 17.5 Å². The first-order chi connectivity index (χ1) is 21.1. The summed E-state index contributed by atoms with van der Waals surface area (Å²) in [6, 6.07) is 5.53. The second-order valence-electron chi connectivity index (χ2n) is 12.2. The number of hydrogen-bond acceptors (Lipinski definition) is 7. The summed E-state index contributed by atoms with van der Waals surface area (Å²) in [5, 5.41) is 8.78. The molecule has 1 spiro atoms. The summed E-state index contributed by atoms with van der Waals surface area (Å²) < 4.78 is 33.8. The van der Waals surface area contributed by atoms with Crippen molar-refractivity contribution in [2.45, 2.75) is 56.5 Å². The number of rotatable bonds is 7. The molecule has 1 aromatic heterocycles. The fourth-order valence-electron chi connectivity index (χ4n) is 7.01. The predicted molar refractivity (Wildman–Crippen MR) is 158 cm³/mol. The van der Waals surface area contributed by atoms with Crippen molar-refractivity contribution in [2.24, 2.45) is 11.7 Å². The molecule has 2 fully saturated rings. The molecule has 3 amide bonds. The van der Waals surface area contributed by atoms with E-state index in [9.17, 15) is 23.2 Å². The molecule has 10 nitrogen and oxygen atoms in total. The highest BCUT2D eigenvalue weighted by atomic mass is 19.1. The number of nitrogens with two attached hydrogens (primary N) is 1. The second-order valence-corrected chi connectivity index (χ2v) is 12.2. The molecule has 232 valence electrons. The van der Waals surface area contributed by atoms with Crippen LogP contribution in [0.4, 0.5) is 14.6 Å². The van der Waals surface area contributed by atoms with Gasteiger partial charge in [0.25, 0.3) is 0 Å². The van der Waals surface area contributed by atoms with Crippen LogP contribution >= 0.6 is 0 Å². The van der Waals surface area contributed by atoms with Crippen LogP contribution in [0.5, 0.6) is 0 Å². The maximum Gasteiger partial charge on any atom is 0.245 e. The Labute approximate surface area is 254 Å². The van der Waals surface area contributed by atoms with Crippen LogP contribution in [0.3, 0.4) is 0 Å². The number of hydrogen-bond donors (Lipinski definition) is 4. The van der Waals surface area contributed by atoms with Crippen LogP contribution in [0.15, 0.2) is 59.6 Å². The van der Waals surface area contributed by atoms with Crippen LogP contribution in [0.1, 0.15) is 56.2 Å². The number of fused-ring (bicyclic) bond motifs is 2. The number of anilines is 1. The highest BCUT2D eigenvalue weighted by molar-refractivity contribution is 6.06. The third-order valence-corrected chi connectivity index (χ3v) is 9.22. The molecule has 2 saturated heterocycles. The number of nitrogens with zero attached hydrogens (tertiary/aromatic N) is 2. The Kier molecular flexibility index (Phi) is 8.21. The standard InChI is InChI=1S/C32H36F2N6O4/c1-18-14-32(24-3-2-6-36-29(24)39-31(32)43)15-21(18)12-27(35)38-28(41)17-40-26(20-10-22(33)13-23(34)11-20)16-37-25(30(40)42)9-19-4-7-44-8-5-19/h2-3,6,10-13,19,25-26,37H,4-5,7-9,14-17,35H2,1H3,(H,38,41)(H,36,39,43)/b27-12+. The number of benzene rings is 1. The van der Waals surface area contributed by atoms with Gasteiger partial charge in [-0.05, 0) is 80.4 Å². The van der Waals surface area contributed by atoms with Gasteiger partial charge < -0.3 is 31.3 Å². The Morgan fingerprint density at radius 3 is 2.70 bits per heavy atom. The van der Waals surface area contributed by atoms with Crippen LogP contribution in [0, 0.1) is 17.6 Å². The molecule has 44 heavy (non-hydrogen) atoms. The molecule has 3 atom stereocenters. The van der Waals surface area contributed by atoms with E-state index in [1.807, 2.05) is 13.0 Å². The molecule has 0 bridgehead atoms. The minimum Gasteiger partial charge on any atom is -0.385 e. The number of halogens is 2. The van der Waals surface area contributed by atoms with E-state index in [1.54, 1.807) is 18.3 Å². The largest absolute Gasteiger partial charge is 0.385 e. The maximum absolute atomic E-state index is 14.2. The van der Waals surface area contributed by atoms with Gasteiger partial charge in [-0.15, -0.1) is 0 Å². The summed E-state index contributed by atoms with van der Waals surface area (Å²) in [6.45, 7) is 3.08. The van der Waals surface area contributed by atoms with Crippen molar-refractivity contribution >= 4 is 23.5 Å². The number of aromatic nitrogens is 1. The lowest BCUT2D eigenvalue weighted by Gasteiger charge is -2.41. The number of amides is 3. The molecule has 3 unspecified atom stereocenters. The molecule has 12 heteroatoms. The van der Waals surface area contributed by atoms with Gasteiger partial charge in [0.1, 0.15) is 29.8 Å². The van der Waals surface area contributed by atoms with Gasteiger partial charge in [-0.1, -0.05) is 11.6 Å². The average molecular weight is 607 g/mol. The molecule has 2 aromatic rings. The molecule has 6 rings (SSSR count). The Hall–Kier alpha value is -4.16. The van der Waals surface area contributed by atoms with Gasteiger partial charge in [-0.2, -0.15) is 0 Å². The fourth-order valence-corrected chi connectivity index (χ4v) is 7.01. The van der Waals surface area contributed by atoms with Gasteiger partial charge >= 0.3 is 0 Å². The molecule has 4 aliphatic rings. The van der Waals surface area contributed by atoms with E-state index >= 15 is 0 Å². The lowest BCUT2D eigenvalue weighted by molar-refractivity contribution is -0.143. The first kappa shape index (κ1) is 29.9. The fraction of sp³-hybridized carbons (Fsp3) is 0.438. The summed E-state index contributed by atoms with van der Waals surface area (Å²) in [4.78, 5) is 45.7. The van der Waals surface area contributed by atoms with E-state index < -0.39 is 35.0 Å². The Bertz CT molecular complexity index is 1530. The first-order valence-electron chi connectivity index (χ1n) is 14.9. The van der Waals surface area contributed by atoms with Gasteiger partial charge in [0.15, 0.2) is 0 Å². The zero-order valence-electron chi connectivity index (χ0n) is 24.5. The number of nitrogens with one attached hydrogen (secondary N) is 3. The van der Waals surface area contributed by atoms with Crippen molar-refractivity contribution in [1.82, 2.24) is 20.5 Å². The van der Waals surface area contributed by atoms with Gasteiger partial charge in [-0.3, -0.25) is 14.4 Å². The van der Waals surface area contributed by atoms with Crippen LogP contribution in [0.2, 0.25) is 0 Å². The Morgan fingerprint density at radius 1 is 1.20 bits per heavy atom. The summed E-state index contributed by atoms with van der Waals surface area (Å²) in [7, 11) is 0. The smallest absolute Gasteiger partial charge is 0.245 e. The summed E-state index contributed by atoms with van der Waals surface area (Å²) in [5.74, 6) is -1.59. The molecule has 1 aliphatic carbocycles. The topological polar surface area (TPSA) is 139 Å². The lowest BCUT2D eigenvalue weighted by atomic mass is 9.78. The number of pyridine rings is 1. The van der Waals surface area contributed by atoms with Crippen molar-refractivity contribution in [1.29, 1.82) is 0 Å². The SMILES string of the molecule is CC1=C(/C=C(\N)NC(=O)CN2C(=O)C(CC3CCOCC3)NCC2c2cc(F)cc(F)c2)CC2(C1)C(=O)Nc1ncccc12. The third kappa shape index (κ3) is 5.83. The van der Waals surface area contributed by atoms with Crippen molar-refractivity contribution in [2.75, 3.05) is 31.6 Å². The van der Waals surface area contributed by atoms with Crippen LogP contribution < -0.4 is 21.7 Å². The molecular formula is C32H36F2N6O4. The molecule has 3 aliphatic heterocycles. The van der Waals surface area contributed by atoms with Gasteiger partial charge in [-0.25, -0.2) is 13.8 Å². The van der Waals surface area contributed by atoms with Gasteiger partial charge in [0, 0.05) is 37.6 Å². The average Bonchev–Trinajstić information content (AvgIpc) is 3.45. The molecule has 0 radical (unpaired) electrons. The summed E-state index contributed by atoms with van der Waals surface area (Å²) in [5.41, 5.74) is 8.38. The molecule has 0 saturated carbocycles. The highest BCUT2D eigenvalue weighted by Gasteiger charge is 2.50. The van der Waals surface area contributed by atoms with Crippen LogP contribution in [0.25, 0.3) is 0 Å². The molecule has 5 N–H and O–H groups in total. The van der Waals surface area contributed by atoms with Gasteiger partial charge in [0.2, 0.25) is 17.7 Å². The van der Waals surface area contributed by atoms with Crippen molar-refractivity contribution in [3.8, 4) is 0 Å². The molecule has 1 aromatic carbocycles. The van der Waals surface area contributed by atoms with E-state index in [4.69, 9.17) is 10.5 Å². The van der Waals surface area contributed by atoms with E-state index in [1.165, 1.54) is 17.0 Å². The number of allylic oxidation sites excluding steroid dienone is 3. The van der Waals surface area contributed by atoms with Crippen molar-refractivity contribution < 1.29 is 27.9 Å². The van der Waals surface area contributed by atoms with E-state index in [0.717, 1.165) is 35.6 Å². The monoisotopic (exact) mass is 606 g/mol. The normalized spacial score (nSPS) is 25.9. The zero-order valence-corrected chi connectivity index (χ0v) is 24.5. The minimum absolute atomic E-state index is 0.0703. The number of piperazine rings is 1. The van der Waals surface area contributed by atoms with E-state index in [0.29, 0.717) is 44.2 Å². The summed E-state index contributed by atoms with van der Waals surface area (Å²) in [6.07, 6.45) is 6.44. The summed E-state index contributed by atoms with van der Waals surface area (Å²) >= 11 is 0. The van der Waals surface area contributed by atoms with Crippen LogP contribution in [-0.2, 0) is 24.5 Å². The van der Waals surface area contributed by atoms with E-state index in [-0.39, 0.29) is 36.3 Å². The number of ether oxygens (including phenoxy) is 1. The Balaban J connectivity index is 1.17. The first-order valence-corrected chi connectivity index (χ1v) is 14.9.